The molecule has 1 N–H and O–H groups in total. The second-order valence-electron chi connectivity index (χ2n) is 4.98. The van der Waals surface area contributed by atoms with Gasteiger partial charge < -0.3 is 5.32 Å². The highest BCUT2D eigenvalue weighted by Gasteiger charge is 1.99. The normalized spacial score (nSPS) is 11.0. The zero-order chi connectivity index (χ0) is 15.9. The molecule has 0 saturated heterocycles. The summed E-state index contributed by atoms with van der Waals surface area (Å²) >= 11 is 0. The fourth-order valence-electron chi connectivity index (χ4n) is 2.13. The van der Waals surface area contributed by atoms with Crippen LogP contribution in [0.4, 0.5) is 0 Å². The second-order valence-corrected chi connectivity index (χ2v) is 4.98. The first-order chi connectivity index (χ1) is 11.3. The Bertz CT molecular complexity index is 831. The maximum atomic E-state index is 11.8. The lowest BCUT2D eigenvalue weighted by atomic mass is 10.2. The number of para-hydroxylation sites is 2. The van der Waals surface area contributed by atoms with Gasteiger partial charge in [-0.15, -0.1) is 0 Å². The first-order valence-electron chi connectivity index (χ1n) is 7.39. The van der Waals surface area contributed by atoms with E-state index in [4.69, 9.17) is 0 Å². The van der Waals surface area contributed by atoms with Crippen LogP contribution in [0.3, 0.4) is 0 Å². The molecule has 3 aromatic rings. The second kappa shape index (κ2) is 7.26. The highest BCUT2D eigenvalue weighted by Crippen LogP contribution is 2.09. The molecule has 5 heteroatoms. The molecule has 0 aliphatic carbocycles. The zero-order valence-corrected chi connectivity index (χ0v) is 12.5. The number of carbonyl (C=O) groups is 1. The lowest BCUT2D eigenvalue weighted by molar-refractivity contribution is -0.116. The molecule has 2 aromatic heterocycles. The van der Waals surface area contributed by atoms with Gasteiger partial charge in [0.25, 0.3) is 0 Å². The van der Waals surface area contributed by atoms with E-state index in [0.29, 0.717) is 18.7 Å². The van der Waals surface area contributed by atoms with Gasteiger partial charge in [0.2, 0.25) is 5.91 Å². The largest absolute Gasteiger partial charge is 0.352 e. The van der Waals surface area contributed by atoms with Crippen molar-refractivity contribution in [1.82, 2.24) is 20.3 Å². The number of nitrogens with one attached hydrogen (secondary N) is 1. The third kappa shape index (κ3) is 4.20. The van der Waals surface area contributed by atoms with Gasteiger partial charge in [-0.05, 0) is 30.3 Å². The van der Waals surface area contributed by atoms with E-state index in [1.807, 2.05) is 42.5 Å². The summed E-state index contributed by atoms with van der Waals surface area (Å²) in [6.45, 7) is 0.545. The minimum absolute atomic E-state index is 0.157. The number of benzene rings is 1. The molecule has 23 heavy (non-hydrogen) atoms. The maximum absolute atomic E-state index is 11.8. The van der Waals surface area contributed by atoms with Crippen LogP contribution >= 0.6 is 0 Å². The van der Waals surface area contributed by atoms with E-state index in [-0.39, 0.29) is 5.91 Å². The number of amides is 1. The molecule has 0 spiro atoms. The van der Waals surface area contributed by atoms with Gasteiger partial charge in [-0.2, -0.15) is 0 Å². The fraction of sp³-hybridized carbons (Fsp3) is 0.111. The van der Waals surface area contributed by atoms with E-state index < -0.39 is 0 Å². The molecule has 3 rings (SSSR count). The van der Waals surface area contributed by atoms with E-state index in [0.717, 1.165) is 16.7 Å². The maximum Gasteiger partial charge on any atom is 0.244 e. The van der Waals surface area contributed by atoms with Crippen LogP contribution in [0.1, 0.15) is 11.4 Å². The quantitative estimate of drug-likeness (QED) is 0.735. The number of rotatable bonds is 5. The first kappa shape index (κ1) is 14.8. The van der Waals surface area contributed by atoms with Crippen molar-refractivity contribution in [2.75, 3.05) is 6.54 Å². The Hall–Kier alpha value is -3.08. The van der Waals surface area contributed by atoms with Gasteiger partial charge in [-0.3, -0.25) is 14.8 Å². The molecule has 0 aliphatic rings. The molecule has 0 atom stereocenters. The molecule has 0 aliphatic heterocycles. The molecule has 5 nitrogen and oxygen atoms in total. The number of aromatic nitrogens is 3. The van der Waals surface area contributed by atoms with Crippen molar-refractivity contribution in [1.29, 1.82) is 0 Å². The average Bonchev–Trinajstić information content (AvgIpc) is 2.61. The Morgan fingerprint density at radius 1 is 1.04 bits per heavy atom. The van der Waals surface area contributed by atoms with Crippen molar-refractivity contribution in [3.63, 3.8) is 0 Å². The summed E-state index contributed by atoms with van der Waals surface area (Å²) in [5, 5.41) is 2.82. The predicted octanol–water partition coefficient (Wildman–Crippen LogP) is 2.40. The summed E-state index contributed by atoms with van der Waals surface area (Å²) in [4.78, 5) is 24.8. The summed E-state index contributed by atoms with van der Waals surface area (Å²) in [6.07, 6.45) is 7.23. The Balaban J connectivity index is 1.55. The van der Waals surface area contributed by atoms with Crippen LogP contribution in [-0.2, 0) is 11.2 Å². The summed E-state index contributed by atoms with van der Waals surface area (Å²) < 4.78 is 0. The third-order valence-corrected chi connectivity index (χ3v) is 3.28. The van der Waals surface area contributed by atoms with Crippen molar-refractivity contribution in [3.8, 4) is 0 Å². The Labute approximate surface area is 134 Å². The molecule has 1 amide bonds. The predicted molar refractivity (Wildman–Crippen MR) is 89.5 cm³/mol. The molecule has 0 unspecified atom stereocenters. The third-order valence-electron chi connectivity index (χ3n) is 3.28. The summed E-state index contributed by atoms with van der Waals surface area (Å²) in [5.74, 6) is -0.157. The van der Waals surface area contributed by atoms with Crippen LogP contribution in [0.2, 0.25) is 0 Å². The number of hydrogen-bond donors (Lipinski definition) is 1. The summed E-state index contributed by atoms with van der Waals surface area (Å²) in [7, 11) is 0. The van der Waals surface area contributed by atoms with Crippen LogP contribution in [0.15, 0.2) is 60.9 Å². The van der Waals surface area contributed by atoms with Crippen molar-refractivity contribution in [3.05, 3.63) is 72.3 Å². The van der Waals surface area contributed by atoms with Crippen molar-refractivity contribution in [2.24, 2.45) is 0 Å². The number of carbonyl (C=O) groups excluding carboxylic acids is 1. The van der Waals surface area contributed by atoms with Crippen molar-refractivity contribution < 1.29 is 4.79 Å². The van der Waals surface area contributed by atoms with Gasteiger partial charge in [-0.25, -0.2) is 4.98 Å². The van der Waals surface area contributed by atoms with Crippen LogP contribution in [0, 0.1) is 0 Å². The van der Waals surface area contributed by atoms with Gasteiger partial charge in [0, 0.05) is 30.9 Å². The average molecular weight is 304 g/mol. The molecule has 1 aromatic carbocycles. The van der Waals surface area contributed by atoms with Crippen LogP contribution < -0.4 is 5.32 Å². The SMILES string of the molecule is O=C(/C=C/c1cnc2ccccc2n1)NCCc1ccccn1. The minimum atomic E-state index is -0.157. The van der Waals surface area contributed by atoms with Crippen LogP contribution in [-0.4, -0.2) is 27.4 Å². The zero-order valence-electron chi connectivity index (χ0n) is 12.5. The minimum Gasteiger partial charge on any atom is -0.352 e. The highest BCUT2D eigenvalue weighted by molar-refractivity contribution is 5.91. The monoisotopic (exact) mass is 304 g/mol. The molecule has 0 fully saturated rings. The number of hydrogen-bond acceptors (Lipinski definition) is 4. The van der Waals surface area contributed by atoms with Crippen molar-refractivity contribution in [2.45, 2.75) is 6.42 Å². The lowest BCUT2D eigenvalue weighted by Crippen LogP contribution is -2.23. The first-order valence-corrected chi connectivity index (χ1v) is 7.39. The van der Waals surface area contributed by atoms with Gasteiger partial charge >= 0.3 is 0 Å². The Morgan fingerprint density at radius 2 is 1.87 bits per heavy atom. The highest BCUT2D eigenvalue weighted by atomic mass is 16.1. The molecule has 0 saturated carbocycles. The van der Waals surface area contributed by atoms with Crippen LogP contribution in [0.25, 0.3) is 17.1 Å². The van der Waals surface area contributed by atoms with E-state index in [9.17, 15) is 4.79 Å². The van der Waals surface area contributed by atoms with Gasteiger partial charge in [0.15, 0.2) is 0 Å². The smallest absolute Gasteiger partial charge is 0.244 e. The Kier molecular flexibility index (Phi) is 4.69. The number of nitrogens with zero attached hydrogens (tertiary/aromatic N) is 3. The van der Waals surface area contributed by atoms with Crippen LogP contribution in [0.5, 0.6) is 0 Å². The van der Waals surface area contributed by atoms with Gasteiger partial charge in [0.1, 0.15) is 0 Å². The summed E-state index contributed by atoms with van der Waals surface area (Å²) in [5.41, 5.74) is 3.26. The molecule has 114 valence electrons. The Morgan fingerprint density at radius 3 is 2.70 bits per heavy atom. The van der Waals surface area contributed by atoms with E-state index in [2.05, 4.69) is 20.3 Å². The van der Waals surface area contributed by atoms with E-state index in [1.54, 1.807) is 18.5 Å². The summed E-state index contributed by atoms with van der Waals surface area (Å²) in [6, 6.07) is 13.4. The van der Waals surface area contributed by atoms with Gasteiger partial charge in [0.05, 0.1) is 22.9 Å². The van der Waals surface area contributed by atoms with Gasteiger partial charge in [-0.1, -0.05) is 18.2 Å². The standard InChI is InChI=1S/C18H16N4O/c23-18(20-12-10-14-5-3-4-11-19-14)9-8-15-13-21-16-6-1-2-7-17(16)22-15/h1-9,11,13H,10,12H2,(H,20,23)/b9-8+. The van der Waals surface area contributed by atoms with E-state index in [1.165, 1.54) is 6.08 Å². The molecule has 2 heterocycles. The van der Waals surface area contributed by atoms with Crippen molar-refractivity contribution >= 4 is 23.0 Å². The topological polar surface area (TPSA) is 67.8 Å². The molecule has 0 bridgehead atoms. The van der Waals surface area contributed by atoms with E-state index >= 15 is 0 Å². The number of fused-ring (bicyclic) bond motifs is 1. The molecule has 0 radical (unpaired) electrons. The molecular formula is C18H16N4O. The molecular weight excluding hydrogens is 288 g/mol. The fourth-order valence-corrected chi connectivity index (χ4v) is 2.13. The lowest BCUT2D eigenvalue weighted by Gasteiger charge is -2.01. The number of pyridine rings is 1.